The monoisotopic (exact) mass is 274 g/mol. The highest BCUT2D eigenvalue weighted by molar-refractivity contribution is 6.32. The predicted molar refractivity (Wildman–Crippen MR) is 75.5 cm³/mol. The predicted octanol–water partition coefficient (Wildman–Crippen LogP) is 3.03. The minimum atomic E-state index is 0.0529. The maximum Gasteiger partial charge on any atom is 0.180 e. The summed E-state index contributed by atoms with van der Waals surface area (Å²) >= 11 is 5.89. The molecule has 19 heavy (non-hydrogen) atoms. The largest absolute Gasteiger partial charge is 0.506 e. The quantitative estimate of drug-likeness (QED) is 0.671. The summed E-state index contributed by atoms with van der Waals surface area (Å²) < 4.78 is 0. The van der Waals surface area contributed by atoms with Gasteiger partial charge in [0, 0.05) is 12.6 Å². The molecule has 0 aliphatic rings. The summed E-state index contributed by atoms with van der Waals surface area (Å²) in [6.07, 6.45) is 0. The van der Waals surface area contributed by atoms with Crippen molar-refractivity contribution in [1.29, 1.82) is 0 Å². The molecule has 5 nitrogen and oxygen atoms in total. The Morgan fingerprint density at radius 2 is 2.05 bits per heavy atom. The summed E-state index contributed by atoms with van der Waals surface area (Å²) in [4.78, 5) is 11.9. The van der Waals surface area contributed by atoms with Gasteiger partial charge in [0.15, 0.2) is 5.65 Å². The molecule has 2 heterocycles. The second-order valence-electron chi connectivity index (χ2n) is 4.07. The van der Waals surface area contributed by atoms with Crippen LogP contribution in [0.1, 0.15) is 0 Å². The Morgan fingerprint density at radius 3 is 2.79 bits per heavy atom. The zero-order chi connectivity index (χ0) is 13.4. The standard InChI is InChI=1S/C13H11ClN4O/c1-15-11-5-3-9-13(17-11)18-12(16-9)7-2-4-10(19)8(14)6-7/h2-6,19H,1H3,(H2,15,16,17,18). The summed E-state index contributed by atoms with van der Waals surface area (Å²) in [6.45, 7) is 0. The molecule has 6 heteroatoms. The number of fused-ring (bicyclic) bond motifs is 1. The first-order valence-corrected chi connectivity index (χ1v) is 6.08. The summed E-state index contributed by atoms with van der Waals surface area (Å²) in [5.74, 6) is 1.48. The number of aromatic hydroxyl groups is 1. The highest BCUT2D eigenvalue weighted by Gasteiger charge is 2.08. The second-order valence-corrected chi connectivity index (χ2v) is 4.48. The SMILES string of the molecule is CNc1ccc2[nH]c(-c3ccc(O)c(Cl)c3)nc2n1. The van der Waals surface area contributed by atoms with Crippen LogP contribution >= 0.6 is 11.6 Å². The Labute approximate surface area is 114 Å². The third-order valence-corrected chi connectivity index (χ3v) is 3.13. The molecule has 2 aromatic heterocycles. The summed E-state index contributed by atoms with van der Waals surface area (Å²) in [5.41, 5.74) is 2.27. The van der Waals surface area contributed by atoms with Gasteiger partial charge in [0.1, 0.15) is 17.4 Å². The number of anilines is 1. The van der Waals surface area contributed by atoms with Gasteiger partial charge in [-0.05, 0) is 30.3 Å². The number of imidazole rings is 1. The van der Waals surface area contributed by atoms with Gasteiger partial charge in [0.05, 0.1) is 10.5 Å². The number of aromatic amines is 1. The van der Waals surface area contributed by atoms with Crippen LogP contribution in [0.25, 0.3) is 22.6 Å². The summed E-state index contributed by atoms with van der Waals surface area (Å²) in [5, 5.41) is 12.7. The van der Waals surface area contributed by atoms with Gasteiger partial charge < -0.3 is 15.4 Å². The molecule has 0 spiro atoms. The van der Waals surface area contributed by atoms with E-state index in [0.717, 1.165) is 16.9 Å². The van der Waals surface area contributed by atoms with Crippen LogP contribution in [0.4, 0.5) is 5.82 Å². The number of pyridine rings is 1. The molecule has 0 saturated carbocycles. The first-order chi connectivity index (χ1) is 9.17. The Bertz CT molecular complexity index is 753. The first-order valence-electron chi connectivity index (χ1n) is 5.71. The lowest BCUT2D eigenvalue weighted by atomic mass is 10.2. The molecule has 0 atom stereocenters. The number of phenols is 1. The van der Waals surface area contributed by atoms with E-state index < -0.39 is 0 Å². The van der Waals surface area contributed by atoms with Gasteiger partial charge in [0.2, 0.25) is 0 Å². The van der Waals surface area contributed by atoms with Crippen molar-refractivity contribution in [3.05, 3.63) is 35.4 Å². The second kappa shape index (κ2) is 4.44. The van der Waals surface area contributed by atoms with Gasteiger partial charge in [0.25, 0.3) is 0 Å². The van der Waals surface area contributed by atoms with Crippen molar-refractivity contribution in [1.82, 2.24) is 15.0 Å². The number of H-pyrrole nitrogens is 1. The minimum absolute atomic E-state index is 0.0529. The van der Waals surface area contributed by atoms with Crippen molar-refractivity contribution in [3.63, 3.8) is 0 Å². The molecule has 0 saturated heterocycles. The normalized spacial score (nSPS) is 10.8. The van der Waals surface area contributed by atoms with Crippen LogP contribution in [0, 0.1) is 0 Å². The molecular weight excluding hydrogens is 264 g/mol. The number of phenolic OH excluding ortho intramolecular Hbond substituents is 1. The highest BCUT2D eigenvalue weighted by atomic mass is 35.5. The van der Waals surface area contributed by atoms with E-state index in [0.29, 0.717) is 16.5 Å². The fourth-order valence-electron chi connectivity index (χ4n) is 1.82. The maximum atomic E-state index is 9.42. The maximum absolute atomic E-state index is 9.42. The fourth-order valence-corrected chi connectivity index (χ4v) is 2.00. The lowest BCUT2D eigenvalue weighted by Gasteiger charge is -1.99. The van der Waals surface area contributed by atoms with Crippen LogP contribution in [-0.4, -0.2) is 27.1 Å². The Hall–Kier alpha value is -2.27. The number of rotatable bonds is 2. The number of hydrogen-bond donors (Lipinski definition) is 3. The van der Waals surface area contributed by atoms with Crippen molar-refractivity contribution in [2.24, 2.45) is 0 Å². The number of nitrogens with one attached hydrogen (secondary N) is 2. The Balaban J connectivity index is 2.11. The Kier molecular flexibility index (Phi) is 2.76. The summed E-state index contributed by atoms with van der Waals surface area (Å²) in [7, 11) is 1.81. The third kappa shape index (κ3) is 2.08. The molecule has 0 amide bonds. The third-order valence-electron chi connectivity index (χ3n) is 2.82. The van der Waals surface area contributed by atoms with Gasteiger partial charge in [-0.2, -0.15) is 0 Å². The van der Waals surface area contributed by atoms with Crippen molar-refractivity contribution in [3.8, 4) is 17.1 Å². The van der Waals surface area contributed by atoms with E-state index in [9.17, 15) is 5.11 Å². The van der Waals surface area contributed by atoms with Crippen molar-refractivity contribution < 1.29 is 5.11 Å². The number of halogens is 1. The smallest absolute Gasteiger partial charge is 0.180 e. The minimum Gasteiger partial charge on any atom is -0.506 e. The van der Waals surface area contributed by atoms with Crippen LogP contribution < -0.4 is 5.32 Å². The molecular formula is C13H11ClN4O. The van der Waals surface area contributed by atoms with Gasteiger partial charge in [-0.1, -0.05) is 11.6 Å². The zero-order valence-corrected chi connectivity index (χ0v) is 10.9. The number of hydrogen-bond acceptors (Lipinski definition) is 4. The summed E-state index contributed by atoms with van der Waals surface area (Å²) in [6, 6.07) is 8.73. The number of nitrogens with zero attached hydrogens (tertiary/aromatic N) is 2. The van der Waals surface area contributed by atoms with E-state index in [1.165, 1.54) is 6.07 Å². The van der Waals surface area contributed by atoms with Crippen molar-refractivity contribution in [2.45, 2.75) is 0 Å². The van der Waals surface area contributed by atoms with E-state index in [1.54, 1.807) is 12.1 Å². The van der Waals surface area contributed by atoms with E-state index in [1.807, 2.05) is 19.2 Å². The molecule has 3 rings (SSSR count). The topological polar surface area (TPSA) is 73.8 Å². The lowest BCUT2D eigenvalue weighted by Crippen LogP contribution is -1.91. The van der Waals surface area contributed by atoms with Gasteiger partial charge >= 0.3 is 0 Å². The molecule has 3 aromatic rings. The van der Waals surface area contributed by atoms with Gasteiger partial charge in [-0.15, -0.1) is 0 Å². The molecule has 0 bridgehead atoms. The van der Waals surface area contributed by atoms with Crippen molar-refractivity contribution >= 4 is 28.6 Å². The van der Waals surface area contributed by atoms with E-state index in [4.69, 9.17) is 11.6 Å². The highest BCUT2D eigenvalue weighted by Crippen LogP contribution is 2.29. The number of benzene rings is 1. The van der Waals surface area contributed by atoms with E-state index in [2.05, 4.69) is 20.3 Å². The molecule has 0 aliphatic carbocycles. The van der Waals surface area contributed by atoms with E-state index in [-0.39, 0.29) is 5.75 Å². The molecule has 0 unspecified atom stereocenters. The molecule has 0 fully saturated rings. The number of aromatic nitrogens is 3. The molecule has 96 valence electrons. The fraction of sp³-hybridized carbons (Fsp3) is 0.0769. The van der Waals surface area contributed by atoms with Crippen LogP contribution in [0.2, 0.25) is 5.02 Å². The van der Waals surface area contributed by atoms with Gasteiger partial charge in [-0.3, -0.25) is 0 Å². The average Bonchev–Trinajstić information content (AvgIpc) is 2.84. The Morgan fingerprint density at radius 1 is 1.21 bits per heavy atom. The van der Waals surface area contributed by atoms with Crippen molar-refractivity contribution in [2.75, 3.05) is 12.4 Å². The van der Waals surface area contributed by atoms with Gasteiger partial charge in [-0.25, -0.2) is 9.97 Å². The van der Waals surface area contributed by atoms with Crippen LogP contribution in [0.15, 0.2) is 30.3 Å². The van der Waals surface area contributed by atoms with Crippen LogP contribution in [-0.2, 0) is 0 Å². The molecule has 1 aromatic carbocycles. The van der Waals surface area contributed by atoms with Crippen LogP contribution in [0.5, 0.6) is 5.75 Å². The zero-order valence-electron chi connectivity index (χ0n) is 10.1. The first kappa shape index (κ1) is 11.8. The van der Waals surface area contributed by atoms with Crippen LogP contribution in [0.3, 0.4) is 0 Å². The molecule has 0 radical (unpaired) electrons. The molecule has 0 aliphatic heterocycles. The average molecular weight is 275 g/mol. The van der Waals surface area contributed by atoms with E-state index >= 15 is 0 Å². The lowest BCUT2D eigenvalue weighted by molar-refractivity contribution is 0.475. The molecule has 3 N–H and O–H groups in total.